The number of hydrogen-bond acceptors (Lipinski definition) is 2. The fourth-order valence-corrected chi connectivity index (χ4v) is 3.02. The molecule has 0 saturated carbocycles. The van der Waals surface area contributed by atoms with E-state index < -0.39 is 23.3 Å². The first kappa shape index (κ1) is 17.9. The lowest BCUT2D eigenvalue weighted by Gasteiger charge is -2.09. The van der Waals surface area contributed by atoms with Crippen molar-refractivity contribution in [2.24, 2.45) is 0 Å². The molecule has 3 nitrogen and oxygen atoms in total. The standard InChI is InChI=1S/C21H12F4N2O/c22-16-7-13(6-15(9-16)21(23,24)25)19(28)18-11-27-20-17(18)8-14(10-26-20)12-4-2-1-3-5-12/h1-11H,(H,26,27). The SMILES string of the molecule is O=C(c1cc(F)cc(C(F)(F)F)c1)c1c[nH]c2ncc(-c3ccccc3)cc12. The zero-order valence-electron chi connectivity index (χ0n) is 14.2. The van der Waals surface area contributed by atoms with E-state index in [0.29, 0.717) is 23.2 Å². The molecule has 0 spiro atoms. The first-order valence-corrected chi connectivity index (χ1v) is 8.28. The summed E-state index contributed by atoms with van der Waals surface area (Å²) in [5.41, 5.74) is 0.574. The highest BCUT2D eigenvalue weighted by atomic mass is 19.4. The molecule has 0 aliphatic rings. The zero-order valence-corrected chi connectivity index (χ0v) is 14.2. The van der Waals surface area contributed by atoms with Gasteiger partial charge in [0.05, 0.1) is 5.56 Å². The summed E-state index contributed by atoms with van der Waals surface area (Å²) in [6, 6.07) is 12.9. The minimum Gasteiger partial charge on any atom is -0.345 e. The fraction of sp³-hybridized carbons (Fsp3) is 0.0476. The van der Waals surface area contributed by atoms with Gasteiger partial charge in [0.1, 0.15) is 11.5 Å². The number of alkyl halides is 3. The van der Waals surface area contributed by atoms with Crippen LogP contribution in [-0.4, -0.2) is 15.8 Å². The molecule has 0 atom stereocenters. The highest BCUT2D eigenvalue weighted by Gasteiger charge is 2.32. The Balaban J connectivity index is 1.81. The van der Waals surface area contributed by atoms with E-state index in [9.17, 15) is 22.4 Å². The van der Waals surface area contributed by atoms with Crippen LogP contribution < -0.4 is 0 Å². The topological polar surface area (TPSA) is 45.8 Å². The molecular weight excluding hydrogens is 372 g/mol. The maximum absolute atomic E-state index is 13.7. The van der Waals surface area contributed by atoms with Gasteiger partial charge in [-0.15, -0.1) is 0 Å². The molecule has 2 heterocycles. The Bertz CT molecular complexity index is 1180. The largest absolute Gasteiger partial charge is 0.416 e. The summed E-state index contributed by atoms with van der Waals surface area (Å²) in [5.74, 6) is -1.84. The van der Waals surface area contributed by atoms with E-state index in [2.05, 4.69) is 9.97 Å². The molecule has 0 saturated heterocycles. The van der Waals surface area contributed by atoms with Crippen molar-refractivity contribution in [3.05, 3.63) is 89.5 Å². The highest BCUT2D eigenvalue weighted by Crippen LogP contribution is 2.32. The van der Waals surface area contributed by atoms with E-state index in [-0.39, 0.29) is 11.1 Å². The highest BCUT2D eigenvalue weighted by molar-refractivity contribution is 6.16. The number of ketones is 1. The van der Waals surface area contributed by atoms with Gasteiger partial charge in [-0.3, -0.25) is 4.79 Å². The number of halogens is 4. The summed E-state index contributed by atoms with van der Waals surface area (Å²) in [6.07, 6.45) is -1.75. The number of rotatable bonds is 3. The Kier molecular flexibility index (Phi) is 4.22. The molecule has 2 aromatic carbocycles. The van der Waals surface area contributed by atoms with Crippen molar-refractivity contribution >= 4 is 16.8 Å². The van der Waals surface area contributed by atoms with Crippen LogP contribution in [-0.2, 0) is 6.18 Å². The predicted octanol–water partition coefficient (Wildman–Crippen LogP) is 5.62. The Morgan fingerprint density at radius 1 is 0.964 bits per heavy atom. The van der Waals surface area contributed by atoms with Crippen LogP contribution in [0.15, 0.2) is 67.0 Å². The molecule has 0 bridgehead atoms. The van der Waals surface area contributed by atoms with Crippen molar-refractivity contribution < 1.29 is 22.4 Å². The van der Waals surface area contributed by atoms with Crippen molar-refractivity contribution in [3.8, 4) is 11.1 Å². The number of H-pyrrole nitrogens is 1. The average molecular weight is 384 g/mol. The Morgan fingerprint density at radius 3 is 2.43 bits per heavy atom. The molecule has 2 aromatic heterocycles. The maximum Gasteiger partial charge on any atom is 0.416 e. The van der Waals surface area contributed by atoms with Gasteiger partial charge in [0.25, 0.3) is 0 Å². The molecule has 0 aliphatic carbocycles. The molecular formula is C21H12F4N2O. The van der Waals surface area contributed by atoms with Gasteiger partial charge in [-0.1, -0.05) is 30.3 Å². The Labute approximate surface area is 156 Å². The van der Waals surface area contributed by atoms with Gasteiger partial charge < -0.3 is 4.98 Å². The number of hydrogen-bond donors (Lipinski definition) is 1. The summed E-state index contributed by atoms with van der Waals surface area (Å²) in [4.78, 5) is 19.9. The number of pyridine rings is 1. The normalized spacial score (nSPS) is 11.7. The molecule has 140 valence electrons. The van der Waals surface area contributed by atoms with Gasteiger partial charge in [0.2, 0.25) is 0 Å². The lowest BCUT2D eigenvalue weighted by atomic mass is 9.99. The van der Waals surface area contributed by atoms with Gasteiger partial charge in [0, 0.05) is 34.5 Å². The second-order valence-electron chi connectivity index (χ2n) is 6.24. The Hall–Kier alpha value is -3.48. The van der Waals surface area contributed by atoms with Gasteiger partial charge in [-0.2, -0.15) is 13.2 Å². The summed E-state index contributed by atoms with van der Waals surface area (Å²) < 4.78 is 52.5. The molecule has 0 amide bonds. The van der Waals surface area contributed by atoms with E-state index >= 15 is 0 Å². The van der Waals surface area contributed by atoms with E-state index in [4.69, 9.17) is 0 Å². The van der Waals surface area contributed by atoms with Gasteiger partial charge in [-0.25, -0.2) is 9.37 Å². The van der Waals surface area contributed by atoms with Crippen molar-refractivity contribution in [2.75, 3.05) is 0 Å². The number of benzene rings is 2. The van der Waals surface area contributed by atoms with Gasteiger partial charge in [0.15, 0.2) is 5.78 Å². The van der Waals surface area contributed by atoms with E-state index in [1.165, 1.54) is 6.20 Å². The second-order valence-corrected chi connectivity index (χ2v) is 6.24. The molecule has 0 fully saturated rings. The molecule has 4 rings (SSSR count). The van der Waals surface area contributed by atoms with Crippen LogP contribution >= 0.6 is 0 Å². The first-order valence-electron chi connectivity index (χ1n) is 8.28. The fourth-order valence-electron chi connectivity index (χ4n) is 3.02. The third kappa shape index (κ3) is 3.26. The molecule has 7 heteroatoms. The molecule has 0 aliphatic heterocycles. The van der Waals surface area contributed by atoms with Crippen LogP contribution in [0.3, 0.4) is 0 Å². The van der Waals surface area contributed by atoms with Crippen LogP contribution in [0, 0.1) is 5.82 Å². The van der Waals surface area contributed by atoms with E-state index in [1.54, 1.807) is 12.3 Å². The van der Waals surface area contributed by atoms with Crippen molar-refractivity contribution in [2.45, 2.75) is 6.18 Å². The lowest BCUT2D eigenvalue weighted by Crippen LogP contribution is -2.09. The minimum atomic E-state index is -4.75. The number of carbonyl (C=O) groups excluding carboxylic acids is 1. The molecule has 4 aromatic rings. The van der Waals surface area contributed by atoms with Crippen LogP contribution in [0.2, 0.25) is 0 Å². The van der Waals surface area contributed by atoms with Crippen LogP contribution in [0.4, 0.5) is 17.6 Å². The number of fused-ring (bicyclic) bond motifs is 1. The maximum atomic E-state index is 13.7. The van der Waals surface area contributed by atoms with Crippen LogP contribution in [0.25, 0.3) is 22.2 Å². The summed E-state index contributed by atoms with van der Waals surface area (Å²) in [5, 5.41) is 0.448. The number of carbonyl (C=O) groups is 1. The minimum absolute atomic E-state index is 0.124. The Morgan fingerprint density at radius 2 is 1.71 bits per heavy atom. The summed E-state index contributed by atoms with van der Waals surface area (Å²) >= 11 is 0. The van der Waals surface area contributed by atoms with Crippen molar-refractivity contribution in [3.63, 3.8) is 0 Å². The van der Waals surface area contributed by atoms with E-state index in [1.807, 2.05) is 30.3 Å². The number of aromatic amines is 1. The van der Waals surface area contributed by atoms with Gasteiger partial charge in [-0.05, 0) is 29.8 Å². The molecule has 0 radical (unpaired) electrons. The monoisotopic (exact) mass is 384 g/mol. The summed E-state index contributed by atoms with van der Waals surface area (Å²) in [7, 11) is 0. The third-order valence-electron chi connectivity index (χ3n) is 4.37. The molecule has 1 N–H and O–H groups in total. The number of nitrogens with zero attached hydrogens (tertiary/aromatic N) is 1. The molecule has 0 unspecified atom stereocenters. The summed E-state index contributed by atoms with van der Waals surface area (Å²) in [6.45, 7) is 0. The first-order chi connectivity index (χ1) is 13.3. The zero-order chi connectivity index (χ0) is 19.9. The lowest BCUT2D eigenvalue weighted by molar-refractivity contribution is -0.137. The average Bonchev–Trinajstić information content (AvgIpc) is 3.10. The second kappa shape index (κ2) is 6.60. The quantitative estimate of drug-likeness (QED) is 0.368. The van der Waals surface area contributed by atoms with Crippen LogP contribution in [0.5, 0.6) is 0 Å². The van der Waals surface area contributed by atoms with Crippen LogP contribution in [0.1, 0.15) is 21.5 Å². The van der Waals surface area contributed by atoms with Gasteiger partial charge >= 0.3 is 6.18 Å². The predicted molar refractivity (Wildman–Crippen MR) is 96.4 cm³/mol. The smallest absolute Gasteiger partial charge is 0.345 e. The van der Waals surface area contributed by atoms with Crippen molar-refractivity contribution in [1.82, 2.24) is 9.97 Å². The molecule has 28 heavy (non-hydrogen) atoms. The van der Waals surface area contributed by atoms with E-state index in [0.717, 1.165) is 17.2 Å². The number of nitrogens with one attached hydrogen (secondary N) is 1. The third-order valence-corrected chi connectivity index (χ3v) is 4.37. The number of aromatic nitrogens is 2. The van der Waals surface area contributed by atoms with Crippen molar-refractivity contribution in [1.29, 1.82) is 0 Å².